The number of thiophene rings is 1. The number of hydrogen-bond donors (Lipinski definition) is 2. The van der Waals surface area contributed by atoms with Gasteiger partial charge in [0.25, 0.3) is 0 Å². The van der Waals surface area contributed by atoms with Crippen LogP contribution in [0.4, 0.5) is 24.5 Å². The first kappa shape index (κ1) is 30.1. The molecule has 6 rings (SSSR count). The lowest BCUT2D eigenvalue weighted by Crippen LogP contribution is -2.43. The van der Waals surface area contributed by atoms with Crippen molar-refractivity contribution in [1.82, 2.24) is 20.3 Å². The van der Waals surface area contributed by atoms with Gasteiger partial charge in [0.2, 0.25) is 5.95 Å². The summed E-state index contributed by atoms with van der Waals surface area (Å²) in [5.74, 6) is -0.946. The van der Waals surface area contributed by atoms with Crippen LogP contribution in [0.2, 0.25) is 0 Å². The van der Waals surface area contributed by atoms with Gasteiger partial charge in [-0.2, -0.15) is 5.26 Å². The first-order chi connectivity index (χ1) is 20.9. The van der Waals surface area contributed by atoms with Crippen molar-refractivity contribution in [3.05, 3.63) is 40.7 Å². The molecule has 0 radical (unpaired) electrons. The minimum absolute atomic E-state index is 0.0389. The maximum absolute atomic E-state index is 16.8. The number of carbonyl (C=O) groups excluding carboxylic acids is 1. The van der Waals surface area contributed by atoms with Gasteiger partial charge in [-0.15, -0.1) is 11.3 Å². The van der Waals surface area contributed by atoms with Gasteiger partial charge in [-0.1, -0.05) is 13.8 Å². The van der Waals surface area contributed by atoms with Gasteiger partial charge in [-0.3, -0.25) is 10.3 Å². The molecule has 2 aliphatic rings. The van der Waals surface area contributed by atoms with E-state index in [1.54, 1.807) is 27.0 Å². The highest BCUT2D eigenvalue weighted by molar-refractivity contribution is 7.23. The Morgan fingerprint density at radius 2 is 1.98 bits per heavy atom. The molecule has 0 unspecified atom stereocenters. The molecule has 5 heterocycles. The number of nitrogens with one attached hydrogen (secondary N) is 2. The lowest BCUT2D eigenvalue weighted by atomic mass is 9.94. The van der Waals surface area contributed by atoms with Crippen LogP contribution in [0.5, 0.6) is 0 Å². The SMILES string of the molecule is CC(C)N[C@H]1CCN(c2ncc3c4c(c(-c5ncc(F)c6sc(NC(=O)OC(C)(C)C)c(C#N)c56)c(F)c3n2)COC4)[C@H]1C. The minimum Gasteiger partial charge on any atom is -0.444 e. The predicted molar refractivity (Wildman–Crippen MR) is 165 cm³/mol. The van der Waals surface area contributed by atoms with E-state index in [1.807, 2.05) is 0 Å². The number of nitriles is 1. The highest BCUT2D eigenvalue weighted by Crippen LogP contribution is 2.46. The first-order valence-electron chi connectivity index (χ1n) is 14.5. The van der Waals surface area contributed by atoms with Gasteiger partial charge in [0.1, 0.15) is 22.2 Å². The summed E-state index contributed by atoms with van der Waals surface area (Å²) < 4.78 is 43.1. The second-order valence-corrected chi connectivity index (χ2v) is 13.4. The molecule has 2 atom stereocenters. The van der Waals surface area contributed by atoms with Crippen LogP contribution in [-0.2, 0) is 22.7 Å². The third-order valence-electron chi connectivity index (χ3n) is 7.88. The van der Waals surface area contributed by atoms with Crippen molar-refractivity contribution in [3.8, 4) is 17.3 Å². The summed E-state index contributed by atoms with van der Waals surface area (Å²) in [6.07, 6.45) is 2.74. The molecule has 0 aliphatic carbocycles. The smallest absolute Gasteiger partial charge is 0.412 e. The van der Waals surface area contributed by atoms with Gasteiger partial charge in [-0.05, 0) is 45.2 Å². The van der Waals surface area contributed by atoms with E-state index in [4.69, 9.17) is 14.5 Å². The molecule has 1 saturated heterocycles. The van der Waals surface area contributed by atoms with E-state index >= 15 is 8.78 Å². The van der Waals surface area contributed by atoms with Crippen molar-refractivity contribution >= 4 is 49.4 Å². The van der Waals surface area contributed by atoms with Crippen molar-refractivity contribution in [2.24, 2.45) is 0 Å². The van der Waals surface area contributed by atoms with Gasteiger partial charge < -0.3 is 19.7 Å². The van der Waals surface area contributed by atoms with Crippen molar-refractivity contribution in [3.63, 3.8) is 0 Å². The Balaban J connectivity index is 1.51. The van der Waals surface area contributed by atoms with E-state index in [-0.39, 0.29) is 62.7 Å². The Morgan fingerprint density at radius 1 is 1.23 bits per heavy atom. The van der Waals surface area contributed by atoms with Crippen molar-refractivity contribution in [1.29, 1.82) is 5.26 Å². The number of aromatic nitrogens is 3. The summed E-state index contributed by atoms with van der Waals surface area (Å²) in [5.41, 5.74) is 0.690. The zero-order valence-electron chi connectivity index (χ0n) is 25.3. The summed E-state index contributed by atoms with van der Waals surface area (Å²) >= 11 is 0.863. The van der Waals surface area contributed by atoms with Crippen LogP contribution in [0.3, 0.4) is 0 Å². The Bertz CT molecular complexity index is 1850. The third kappa shape index (κ3) is 5.21. The Hall–Kier alpha value is -3.99. The molecule has 230 valence electrons. The number of nitrogens with zero attached hydrogens (tertiary/aromatic N) is 5. The van der Waals surface area contributed by atoms with Crippen LogP contribution in [0, 0.1) is 23.0 Å². The number of hydrogen-bond acceptors (Lipinski definition) is 10. The fourth-order valence-corrected chi connectivity index (χ4v) is 7.05. The zero-order valence-corrected chi connectivity index (χ0v) is 26.2. The number of ether oxygens (including phenoxy) is 2. The standard InChI is InChI=1S/C31H33F2N7O3S/c1-14(2)37-21-7-8-40(15(21)3)29-36-10-17-18-12-42-13-19(18)22(24(33)25(17)38-29)26-23-16(9-34)28(39-30(41)43-31(4,5)6)44-27(23)20(32)11-35-26/h10-11,14-15,21,37H,7-8,12-13H2,1-6H3,(H,39,41)/t15-,21-/m0/s1. The van der Waals surface area contributed by atoms with E-state index in [9.17, 15) is 10.1 Å². The number of carbonyl (C=O) groups is 1. The lowest BCUT2D eigenvalue weighted by Gasteiger charge is -2.26. The lowest BCUT2D eigenvalue weighted by molar-refractivity contribution is 0.0636. The summed E-state index contributed by atoms with van der Waals surface area (Å²) in [4.78, 5) is 28.3. The van der Waals surface area contributed by atoms with Gasteiger partial charge in [-0.25, -0.2) is 23.5 Å². The Morgan fingerprint density at radius 3 is 2.68 bits per heavy atom. The van der Waals surface area contributed by atoms with Gasteiger partial charge in [0, 0.05) is 47.2 Å². The van der Waals surface area contributed by atoms with Crippen LogP contribution in [0.15, 0.2) is 12.4 Å². The number of amides is 1. The Kier molecular flexibility index (Phi) is 7.63. The van der Waals surface area contributed by atoms with E-state index in [0.29, 0.717) is 29.5 Å². The molecule has 2 N–H and O–H groups in total. The quantitative estimate of drug-likeness (QED) is 0.260. The molecule has 3 aromatic heterocycles. The molecule has 0 spiro atoms. The van der Waals surface area contributed by atoms with E-state index in [2.05, 4.69) is 52.3 Å². The molecular weight excluding hydrogens is 588 g/mol. The Labute approximate surface area is 257 Å². The van der Waals surface area contributed by atoms with E-state index in [0.717, 1.165) is 29.5 Å². The van der Waals surface area contributed by atoms with Crippen LogP contribution in [0.1, 0.15) is 64.7 Å². The number of pyridine rings is 1. The molecule has 0 saturated carbocycles. The van der Waals surface area contributed by atoms with Crippen LogP contribution < -0.4 is 15.5 Å². The first-order valence-corrected chi connectivity index (χ1v) is 15.3. The molecule has 44 heavy (non-hydrogen) atoms. The fourth-order valence-electron chi connectivity index (χ4n) is 6.01. The summed E-state index contributed by atoms with van der Waals surface area (Å²) in [7, 11) is 0. The highest BCUT2D eigenvalue weighted by Gasteiger charge is 2.34. The third-order valence-corrected chi connectivity index (χ3v) is 8.99. The average molecular weight is 622 g/mol. The second kappa shape index (κ2) is 11.2. The van der Waals surface area contributed by atoms with E-state index < -0.39 is 23.3 Å². The van der Waals surface area contributed by atoms with Gasteiger partial charge in [0.15, 0.2) is 11.6 Å². The number of halogens is 2. The zero-order chi connectivity index (χ0) is 31.5. The van der Waals surface area contributed by atoms with Crippen LogP contribution in [-0.4, -0.2) is 51.3 Å². The predicted octanol–water partition coefficient (Wildman–Crippen LogP) is 6.40. The average Bonchev–Trinajstić information content (AvgIpc) is 3.66. The number of benzene rings is 1. The molecule has 1 amide bonds. The monoisotopic (exact) mass is 621 g/mol. The highest BCUT2D eigenvalue weighted by atomic mass is 32.1. The molecule has 1 aromatic carbocycles. The summed E-state index contributed by atoms with van der Waals surface area (Å²) in [6, 6.07) is 2.71. The van der Waals surface area contributed by atoms with Crippen molar-refractivity contribution in [2.45, 2.75) is 84.9 Å². The normalized spacial score (nSPS) is 18.3. The molecule has 13 heteroatoms. The summed E-state index contributed by atoms with van der Waals surface area (Å²) in [5, 5.41) is 17.0. The number of rotatable bonds is 5. The van der Waals surface area contributed by atoms with E-state index in [1.165, 1.54) is 0 Å². The van der Waals surface area contributed by atoms with Crippen LogP contribution in [0.25, 0.3) is 32.2 Å². The number of anilines is 2. The van der Waals surface area contributed by atoms with Crippen molar-refractivity contribution < 1.29 is 23.0 Å². The fraction of sp³-hybridized carbons (Fsp3) is 0.452. The number of fused-ring (bicyclic) bond motifs is 4. The molecule has 10 nitrogen and oxygen atoms in total. The minimum atomic E-state index is -0.798. The maximum Gasteiger partial charge on any atom is 0.412 e. The molecular formula is C31H33F2N7O3S. The van der Waals surface area contributed by atoms with Crippen LogP contribution >= 0.6 is 11.3 Å². The molecule has 4 aromatic rings. The van der Waals surface area contributed by atoms with Crippen molar-refractivity contribution in [2.75, 3.05) is 16.8 Å². The molecule has 1 fully saturated rings. The molecule has 2 aliphatic heterocycles. The maximum atomic E-state index is 16.8. The largest absolute Gasteiger partial charge is 0.444 e. The van der Waals surface area contributed by atoms with Gasteiger partial charge >= 0.3 is 6.09 Å². The summed E-state index contributed by atoms with van der Waals surface area (Å²) in [6.45, 7) is 12.4. The second-order valence-electron chi connectivity index (χ2n) is 12.4. The topological polar surface area (TPSA) is 125 Å². The van der Waals surface area contributed by atoms with Gasteiger partial charge in [0.05, 0.1) is 35.4 Å². The molecule has 0 bridgehead atoms.